The van der Waals surface area contributed by atoms with E-state index in [1.807, 2.05) is 13.1 Å². The molecule has 1 aromatic carbocycles. The van der Waals surface area contributed by atoms with Crippen molar-refractivity contribution in [2.24, 2.45) is 0 Å². The van der Waals surface area contributed by atoms with Gasteiger partial charge in [0.15, 0.2) is 0 Å². The van der Waals surface area contributed by atoms with Crippen molar-refractivity contribution in [2.75, 3.05) is 7.05 Å². The first-order chi connectivity index (χ1) is 5.74. The van der Waals surface area contributed by atoms with Gasteiger partial charge in [0.2, 0.25) is 0 Å². The Balaban J connectivity index is 2.88. The zero-order chi connectivity index (χ0) is 8.97. The van der Waals surface area contributed by atoms with E-state index in [2.05, 4.69) is 5.32 Å². The van der Waals surface area contributed by atoms with Crippen LogP contribution in [0.2, 0.25) is 0 Å². The van der Waals surface area contributed by atoms with Crippen LogP contribution in [0.25, 0.3) is 0 Å². The molecule has 63 valence electrons. The van der Waals surface area contributed by atoms with Gasteiger partial charge in [-0.05, 0) is 24.7 Å². The summed E-state index contributed by atoms with van der Waals surface area (Å²) in [6.45, 7) is 0.723. The van der Waals surface area contributed by atoms with Crippen LogP contribution in [0.5, 0.6) is 0 Å². The first-order valence-corrected chi connectivity index (χ1v) is 3.73. The largest absolute Gasteiger partial charge is 0.316 e. The molecule has 1 aromatic rings. The number of amides is 1. The maximum atomic E-state index is 10.6. The van der Waals surface area contributed by atoms with Crippen LogP contribution in [0.4, 0.5) is 0 Å². The molecule has 0 atom stereocenters. The quantitative estimate of drug-likeness (QED) is 0.717. The molecule has 0 aliphatic carbocycles. The Morgan fingerprint density at radius 2 is 2.33 bits per heavy atom. The summed E-state index contributed by atoms with van der Waals surface area (Å²) in [6, 6.07) is 7.08. The first kappa shape index (κ1) is 8.74. The van der Waals surface area contributed by atoms with E-state index >= 15 is 0 Å². The minimum atomic E-state index is -0.632. The van der Waals surface area contributed by atoms with Gasteiger partial charge < -0.3 is 5.32 Å². The molecule has 0 saturated heterocycles. The molecule has 0 saturated carbocycles. The molecule has 1 amide bonds. The van der Waals surface area contributed by atoms with Crippen molar-refractivity contribution in [2.45, 2.75) is 6.54 Å². The van der Waals surface area contributed by atoms with Gasteiger partial charge in [0.05, 0.1) is 0 Å². The second-order valence-corrected chi connectivity index (χ2v) is 2.56. The number of rotatable bonds is 3. The number of hydrogen-bond donors (Lipinski definition) is 1. The predicted molar refractivity (Wildman–Crippen MR) is 46.6 cm³/mol. The average molecular weight is 163 g/mol. The molecule has 1 rings (SSSR count). The summed E-state index contributed by atoms with van der Waals surface area (Å²) in [4.78, 5) is 10.6. The maximum absolute atomic E-state index is 10.6. The van der Waals surface area contributed by atoms with E-state index < -0.39 is 5.91 Å². The molecular formula is C9H11N2O. The van der Waals surface area contributed by atoms with Gasteiger partial charge in [-0.2, -0.15) is 0 Å². The van der Waals surface area contributed by atoms with Crippen molar-refractivity contribution in [3.63, 3.8) is 0 Å². The molecule has 1 radical (unpaired) electrons. The average Bonchev–Trinajstić information content (AvgIpc) is 2.05. The smallest absolute Gasteiger partial charge is 0.269 e. The van der Waals surface area contributed by atoms with Crippen LogP contribution in [-0.2, 0) is 6.54 Å². The number of benzene rings is 1. The Bertz CT molecular complexity index is 284. The summed E-state index contributed by atoms with van der Waals surface area (Å²) in [5, 5.41) is 2.98. The predicted octanol–water partition coefficient (Wildman–Crippen LogP) is 0.829. The minimum Gasteiger partial charge on any atom is -0.316 e. The topological polar surface area (TPSA) is 52.9 Å². The van der Waals surface area contributed by atoms with Crippen molar-refractivity contribution >= 4 is 5.91 Å². The van der Waals surface area contributed by atoms with E-state index in [0.29, 0.717) is 5.56 Å². The summed E-state index contributed by atoms with van der Waals surface area (Å²) in [5.74, 6) is -0.632. The van der Waals surface area contributed by atoms with Gasteiger partial charge in [-0.1, -0.05) is 12.1 Å². The minimum absolute atomic E-state index is 0.447. The van der Waals surface area contributed by atoms with Crippen LogP contribution >= 0.6 is 0 Å². The fourth-order valence-electron chi connectivity index (χ4n) is 1.03. The number of carbonyl (C=O) groups is 1. The molecule has 0 spiro atoms. The fourth-order valence-corrected chi connectivity index (χ4v) is 1.03. The van der Waals surface area contributed by atoms with Crippen molar-refractivity contribution in [1.29, 1.82) is 0 Å². The van der Waals surface area contributed by atoms with E-state index in [4.69, 9.17) is 5.73 Å². The Morgan fingerprint density at radius 1 is 1.58 bits per heavy atom. The highest BCUT2D eigenvalue weighted by Gasteiger charge is 2.00. The van der Waals surface area contributed by atoms with E-state index in [-0.39, 0.29) is 0 Å². The molecule has 12 heavy (non-hydrogen) atoms. The number of nitrogens with one attached hydrogen (secondary N) is 2. The molecule has 0 fully saturated rings. The van der Waals surface area contributed by atoms with Crippen LogP contribution < -0.4 is 11.1 Å². The van der Waals surface area contributed by atoms with Crippen LogP contribution in [0.1, 0.15) is 15.9 Å². The highest BCUT2D eigenvalue weighted by molar-refractivity contribution is 5.92. The Kier molecular flexibility index (Phi) is 2.82. The lowest BCUT2D eigenvalue weighted by Crippen LogP contribution is -2.06. The summed E-state index contributed by atoms with van der Waals surface area (Å²) >= 11 is 0. The zero-order valence-corrected chi connectivity index (χ0v) is 6.92. The summed E-state index contributed by atoms with van der Waals surface area (Å²) in [5.41, 5.74) is 8.36. The molecule has 0 heterocycles. The third-order valence-electron chi connectivity index (χ3n) is 1.57. The van der Waals surface area contributed by atoms with E-state index in [1.165, 1.54) is 0 Å². The highest BCUT2D eigenvalue weighted by atomic mass is 16.1. The van der Waals surface area contributed by atoms with E-state index in [0.717, 1.165) is 12.1 Å². The third-order valence-corrected chi connectivity index (χ3v) is 1.57. The zero-order valence-electron chi connectivity index (χ0n) is 6.92. The maximum Gasteiger partial charge on any atom is 0.269 e. The monoisotopic (exact) mass is 163 g/mol. The van der Waals surface area contributed by atoms with Crippen LogP contribution in [0, 0.1) is 0 Å². The van der Waals surface area contributed by atoms with Crippen LogP contribution in [-0.4, -0.2) is 13.0 Å². The Hall–Kier alpha value is -1.35. The molecule has 3 nitrogen and oxygen atoms in total. The number of hydrogen-bond acceptors (Lipinski definition) is 2. The van der Waals surface area contributed by atoms with Crippen molar-refractivity contribution in [3.05, 3.63) is 35.4 Å². The summed E-state index contributed by atoms with van der Waals surface area (Å²) in [6.07, 6.45) is 0. The highest BCUT2D eigenvalue weighted by Crippen LogP contribution is 2.04. The SMILES string of the molecule is CNCc1cccc(C([NH])=O)c1. The lowest BCUT2D eigenvalue weighted by Gasteiger charge is -2.00. The van der Waals surface area contributed by atoms with Gasteiger partial charge in [-0.15, -0.1) is 0 Å². The van der Waals surface area contributed by atoms with Gasteiger partial charge in [0.25, 0.3) is 5.91 Å². The van der Waals surface area contributed by atoms with E-state index in [9.17, 15) is 4.79 Å². The van der Waals surface area contributed by atoms with Gasteiger partial charge >= 0.3 is 0 Å². The fraction of sp³-hybridized carbons (Fsp3) is 0.222. The first-order valence-electron chi connectivity index (χ1n) is 3.73. The summed E-state index contributed by atoms with van der Waals surface area (Å²) < 4.78 is 0. The van der Waals surface area contributed by atoms with Crippen LogP contribution in [0.15, 0.2) is 24.3 Å². The van der Waals surface area contributed by atoms with E-state index in [1.54, 1.807) is 18.2 Å². The lowest BCUT2D eigenvalue weighted by atomic mass is 10.1. The summed E-state index contributed by atoms with van der Waals surface area (Å²) in [7, 11) is 1.84. The van der Waals surface area contributed by atoms with Gasteiger partial charge in [0, 0.05) is 12.1 Å². The second-order valence-electron chi connectivity index (χ2n) is 2.56. The molecule has 0 aliphatic heterocycles. The molecule has 0 aromatic heterocycles. The number of carbonyl (C=O) groups excluding carboxylic acids is 1. The molecule has 2 N–H and O–H groups in total. The standard InChI is InChI=1S/C9H11N2O/c1-11-6-7-3-2-4-8(5-7)9(10)12/h2-5,10-11H,6H2,1H3. The Morgan fingerprint density at radius 3 is 2.92 bits per heavy atom. The second kappa shape index (κ2) is 3.88. The molecular weight excluding hydrogens is 152 g/mol. The molecule has 0 aliphatic rings. The molecule has 0 unspecified atom stereocenters. The Labute approximate surface area is 71.6 Å². The third kappa shape index (κ3) is 2.07. The van der Waals surface area contributed by atoms with Gasteiger partial charge in [-0.3, -0.25) is 10.5 Å². The van der Waals surface area contributed by atoms with Gasteiger partial charge in [-0.25, -0.2) is 0 Å². The lowest BCUT2D eigenvalue weighted by molar-refractivity contribution is 0.0992. The normalized spacial score (nSPS) is 9.75. The van der Waals surface area contributed by atoms with Crippen molar-refractivity contribution in [1.82, 2.24) is 11.1 Å². The van der Waals surface area contributed by atoms with Crippen molar-refractivity contribution < 1.29 is 4.79 Å². The van der Waals surface area contributed by atoms with Crippen LogP contribution in [0.3, 0.4) is 0 Å². The molecule has 3 heteroatoms. The van der Waals surface area contributed by atoms with Gasteiger partial charge in [0.1, 0.15) is 0 Å². The molecule has 0 bridgehead atoms. The van der Waals surface area contributed by atoms with Crippen molar-refractivity contribution in [3.8, 4) is 0 Å².